The molecule has 0 bridgehead atoms. The number of carbonyl (C=O) groups is 3. The number of nitrogens with one attached hydrogen (secondary N) is 1. The van der Waals surface area contributed by atoms with Crippen molar-refractivity contribution < 1.29 is 22.8 Å². The average molecular weight is 737 g/mol. The third kappa shape index (κ3) is 5.93. The van der Waals surface area contributed by atoms with Crippen LogP contribution in [0.2, 0.25) is 10.0 Å². The van der Waals surface area contributed by atoms with Gasteiger partial charge in [0.25, 0.3) is 15.9 Å². The van der Waals surface area contributed by atoms with Crippen LogP contribution in [0.5, 0.6) is 0 Å². The number of ketones is 1. The first kappa shape index (κ1) is 33.8. The Morgan fingerprint density at radius 2 is 1.74 bits per heavy atom. The molecular formula is C33H31Cl2N9O5S. The number of hydrogen-bond acceptors (Lipinski definition) is 9. The summed E-state index contributed by atoms with van der Waals surface area (Å²) in [5.74, 6) is -0.770. The standard InChI is InChI=1S/C33H31Cl2N9O5S/c1-33(13-20-5-7-21(8-6-20)22-14-36-19-37-15-22)30(47)43(25-11-23(34)10-24(35)12-25)32-39-17-29(44(32)33)50(48,49)42-9-3-4-26(42)27(45)16-38-31-40-28(46)18-41(31)2/h5-8,10-12,14-15,17,19,26H,3-4,9,13,16,18H2,1-2H3,(H,38,40,46)/t26-,33+/m0/s1. The minimum absolute atomic E-state index is 0.0703. The number of aliphatic imine (C=N–C) groups is 1. The molecule has 3 aliphatic rings. The van der Waals surface area contributed by atoms with Gasteiger partial charge in [0.2, 0.25) is 17.8 Å². The highest BCUT2D eigenvalue weighted by atomic mass is 35.5. The largest absolute Gasteiger partial charge is 0.336 e. The second-order valence-electron chi connectivity index (χ2n) is 12.6. The van der Waals surface area contributed by atoms with Gasteiger partial charge in [0.1, 0.15) is 18.4 Å². The number of rotatable bonds is 9. The van der Waals surface area contributed by atoms with Crippen molar-refractivity contribution in [3.05, 3.63) is 83.0 Å². The van der Waals surface area contributed by atoms with Crippen molar-refractivity contribution >= 4 is 68.4 Å². The Morgan fingerprint density at radius 3 is 2.40 bits per heavy atom. The van der Waals surface area contributed by atoms with Crippen molar-refractivity contribution in [1.82, 2.24) is 34.0 Å². The van der Waals surface area contributed by atoms with Gasteiger partial charge in [-0.1, -0.05) is 47.5 Å². The molecule has 2 atom stereocenters. The van der Waals surface area contributed by atoms with Crippen LogP contribution in [0, 0.1) is 0 Å². The van der Waals surface area contributed by atoms with Crippen LogP contribution >= 0.6 is 23.2 Å². The Balaban J connectivity index is 1.26. The molecule has 0 aliphatic carbocycles. The van der Waals surface area contributed by atoms with E-state index in [9.17, 15) is 22.8 Å². The number of sulfonamides is 1. The van der Waals surface area contributed by atoms with Gasteiger partial charge in [-0.3, -0.25) is 24.3 Å². The van der Waals surface area contributed by atoms with E-state index in [4.69, 9.17) is 23.2 Å². The molecule has 5 heterocycles. The molecular weight excluding hydrogens is 705 g/mol. The van der Waals surface area contributed by atoms with E-state index < -0.39 is 33.3 Å². The van der Waals surface area contributed by atoms with Crippen molar-refractivity contribution in [2.75, 3.05) is 31.6 Å². The lowest BCUT2D eigenvalue weighted by atomic mass is 9.91. The van der Waals surface area contributed by atoms with E-state index in [1.165, 1.54) is 28.1 Å². The second-order valence-corrected chi connectivity index (χ2v) is 15.3. The molecule has 3 aliphatic heterocycles. The van der Waals surface area contributed by atoms with Gasteiger partial charge >= 0.3 is 0 Å². The van der Waals surface area contributed by atoms with Crippen LogP contribution in [0.15, 0.2) is 77.4 Å². The number of imidazole rings is 1. The van der Waals surface area contributed by atoms with Crippen LogP contribution < -0.4 is 10.2 Å². The molecule has 0 unspecified atom stereocenters. The number of anilines is 2. The van der Waals surface area contributed by atoms with Crippen molar-refractivity contribution in [3.8, 4) is 11.1 Å². The molecule has 0 radical (unpaired) electrons. The molecule has 7 rings (SSSR count). The Bertz CT molecular complexity index is 2140. The quantitative estimate of drug-likeness (QED) is 0.271. The van der Waals surface area contributed by atoms with Crippen molar-refractivity contribution in [2.45, 2.75) is 42.8 Å². The van der Waals surface area contributed by atoms with Gasteiger partial charge in [0, 0.05) is 48.0 Å². The minimum Gasteiger partial charge on any atom is -0.336 e. The molecule has 2 saturated heterocycles. The fraction of sp³-hybridized carbons (Fsp3) is 0.303. The summed E-state index contributed by atoms with van der Waals surface area (Å²) in [5.41, 5.74) is 1.29. The molecule has 0 spiro atoms. The van der Waals surface area contributed by atoms with Gasteiger partial charge < -0.3 is 4.90 Å². The van der Waals surface area contributed by atoms with Gasteiger partial charge in [0.15, 0.2) is 10.8 Å². The monoisotopic (exact) mass is 735 g/mol. The highest BCUT2D eigenvalue weighted by Crippen LogP contribution is 2.45. The number of guanidine groups is 1. The minimum atomic E-state index is -4.38. The number of amides is 2. The summed E-state index contributed by atoms with van der Waals surface area (Å²) in [6.07, 6.45) is 6.91. The first-order valence-electron chi connectivity index (χ1n) is 15.7. The molecule has 17 heteroatoms. The second kappa shape index (κ2) is 12.9. The Morgan fingerprint density at radius 1 is 1.04 bits per heavy atom. The maximum atomic E-state index is 14.6. The number of likely N-dealkylation sites (N-methyl/N-ethyl adjacent to an activating group) is 1. The summed E-state index contributed by atoms with van der Waals surface area (Å²) in [4.78, 5) is 59.5. The molecule has 2 aromatic carbocycles. The fourth-order valence-electron chi connectivity index (χ4n) is 6.71. The third-order valence-corrected chi connectivity index (χ3v) is 11.4. The fourth-order valence-corrected chi connectivity index (χ4v) is 9.09. The van der Waals surface area contributed by atoms with Gasteiger partial charge in [0.05, 0.1) is 24.5 Å². The van der Waals surface area contributed by atoms with E-state index in [-0.39, 0.29) is 58.9 Å². The number of hydrogen-bond donors (Lipinski definition) is 1. The van der Waals surface area contributed by atoms with Crippen LogP contribution in [-0.2, 0) is 36.4 Å². The van der Waals surface area contributed by atoms with Crippen molar-refractivity contribution in [3.63, 3.8) is 0 Å². The van der Waals surface area contributed by atoms with Gasteiger partial charge in [-0.2, -0.15) is 4.31 Å². The summed E-state index contributed by atoms with van der Waals surface area (Å²) >= 11 is 12.7. The van der Waals surface area contributed by atoms with Crippen molar-refractivity contribution in [2.24, 2.45) is 4.99 Å². The van der Waals surface area contributed by atoms with Crippen LogP contribution in [0.25, 0.3) is 11.1 Å². The van der Waals surface area contributed by atoms with E-state index in [1.807, 2.05) is 24.3 Å². The molecule has 50 heavy (non-hydrogen) atoms. The number of nitrogens with zero attached hydrogens (tertiary/aromatic N) is 8. The number of fused-ring (bicyclic) bond motifs is 1. The molecule has 258 valence electrons. The zero-order valence-electron chi connectivity index (χ0n) is 27.0. The summed E-state index contributed by atoms with van der Waals surface area (Å²) in [6, 6.07) is 11.2. The van der Waals surface area contributed by atoms with E-state index in [1.54, 1.807) is 43.4 Å². The number of halogens is 2. The first-order valence-corrected chi connectivity index (χ1v) is 17.9. The highest BCUT2D eigenvalue weighted by Gasteiger charge is 2.53. The lowest BCUT2D eigenvalue weighted by Crippen LogP contribution is -2.45. The maximum absolute atomic E-state index is 14.6. The smallest absolute Gasteiger partial charge is 0.261 e. The van der Waals surface area contributed by atoms with E-state index in [0.717, 1.165) is 21.0 Å². The topological polar surface area (TPSA) is 163 Å². The van der Waals surface area contributed by atoms with Crippen LogP contribution in [0.1, 0.15) is 25.3 Å². The number of benzene rings is 2. The average Bonchev–Trinajstić information content (AvgIpc) is 3.86. The van der Waals surface area contributed by atoms with E-state index >= 15 is 0 Å². The van der Waals surface area contributed by atoms with E-state index in [0.29, 0.717) is 18.5 Å². The SMILES string of the molecule is CN1CC(=O)NC1=NCC(=O)[C@@H]1CCCN1S(=O)(=O)c1cnc2n1[C@](C)(Cc1ccc(-c3cncnc3)cc1)C(=O)N2c1cc(Cl)cc(Cl)c1. The predicted octanol–water partition coefficient (Wildman–Crippen LogP) is 3.42. The zero-order valence-corrected chi connectivity index (χ0v) is 29.3. The lowest BCUT2D eigenvalue weighted by Gasteiger charge is -2.29. The first-order chi connectivity index (χ1) is 23.9. The summed E-state index contributed by atoms with van der Waals surface area (Å²) in [7, 11) is -2.72. The van der Waals surface area contributed by atoms with Gasteiger partial charge in [-0.15, -0.1) is 0 Å². The predicted molar refractivity (Wildman–Crippen MR) is 186 cm³/mol. The summed E-state index contributed by atoms with van der Waals surface area (Å²) in [6.45, 7) is 1.56. The molecule has 1 N–H and O–H groups in total. The Hall–Kier alpha value is -4.70. The maximum Gasteiger partial charge on any atom is 0.261 e. The Labute approximate surface area is 297 Å². The molecule has 4 aromatic rings. The molecule has 14 nitrogen and oxygen atoms in total. The van der Waals surface area contributed by atoms with Crippen molar-refractivity contribution in [1.29, 1.82) is 0 Å². The Kier molecular flexibility index (Phi) is 8.70. The van der Waals surface area contributed by atoms with Gasteiger partial charge in [-0.25, -0.2) is 33.3 Å². The zero-order chi connectivity index (χ0) is 35.4. The number of Topliss-reactive ketones (excluding diaryl/α,β-unsaturated/α-hetero) is 1. The van der Waals surface area contributed by atoms with Gasteiger partial charge in [-0.05, 0) is 49.1 Å². The molecule has 2 aromatic heterocycles. The normalized spacial score (nSPS) is 21.7. The van der Waals surface area contributed by atoms with Crippen LogP contribution in [0.4, 0.5) is 11.6 Å². The van der Waals surface area contributed by atoms with Crippen LogP contribution in [-0.4, -0.2) is 93.4 Å². The number of carbonyl (C=O) groups excluding carboxylic acids is 3. The number of aromatic nitrogens is 4. The molecule has 2 amide bonds. The molecule has 0 saturated carbocycles. The summed E-state index contributed by atoms with van der Waals surface area (Å²) in [5, 5.41) is 2.93. The van der Waals surface area contributed by atoms with E-state index in [2.05, 4.69) is 25.3 Å². The highest BCUT2D eigenvalue weighted by molar-refractivity contribution is 7.89. The lowest BCUT2D eigenvalue weighted by molar-refractivity contribution is -0.124. The molecule has 2 fully saturated rings. The van der Waals surface area contributed by atoms with Crippen LogP contribution in [0.3, 0.4) is 0 Å². The third-order valence-electron chi connectivity index (χ3n) is 9.10. The summed E-state index contributed by atoms with van der Waals surface area (Å²) < 4.78 is 31.7.